The first kappa shape index (κ1) is 12.8. The second-order valence-electron chi connectivity index (χ2n) is 4.22. The minimum atomic E-state index is -0.467. The van der Waals surface area contributed by atoms with Gasteiger partial charge in [-0.25, -0.2) is 4.68 Å². The first-order valence-electron chi connectivity index (χ1n) is 5.58. The van der Waals surface area contributed by atoms with E-state index in [1.54, 1.807) is 18.5 Å². The normalized spacial score (nSPS) is 10.6. The van der Waals surface area contributed by atoms with Crippen LogP contribution in [-0.4, -0.2) is 19.3 Å². The topological polar surface area (TPSA) is 116 Å². The number of nitrogens with one attached hydrogen (secondary N) is 1. The molecule has 0 amide bonds. The van der Waals surface area contributed by atoms with Gasteiger partial charge in [-0.1, -0.05) is 0 Å². The number of hydrogen-bond donors (Lipinski definition) is 2. The molecule has 3 N–H and O–H groups in total. The van der Waals surface area contributed by atoms with Gasteiger partial charge < -0.3 is 5.73 Å². The summed E-state index contributed by atoms with van der Waals surface area (Å²) in [6.45, 7) is 2.05. The molecule has 2 aromatic rings. The molecule has 0 saturated heterocycles. The van der Waals surface area contributed by atoms with Gasteiger partial charge in [0.15, 0.2) is 0 Å². The Morgan fingerprint density at radius 1 is 1.53 bits per heavy atom. The van der Waals surface area contributed by atoms with Gasteiger partial charge in [-0.2, -0.15) is 5.10 Å². The van der Waals surface area contributed by atoms with Crippen LogP contribution in [-0.2, 0) is 13.6 Å². The van der Waals surface area contributed by atoms with Crippen molar-refractivity contribution in [3.8, 4) is 0 Å². The first-order valence-corrected chi connectivity index (χ1v) is 5.58. The van der Waals surface area contributed by atoms with E-state index < -0.39 is 4.92 Å². The number of non-ortho nitro benzene ring substituents is 1. The van der Waals surface area contributed by atoms with Crippen molar-refractivity contribution in [2.45, 2.75) is 13.5 Å². The van der Waals surface area contributed by atoms with Crippen molar-refractivity contribution < 1.29 is 4.92 Å². The van der Waals surface area contributed by atoms with E-state index in [9.17, 15) is 10.1 Å². The summed E-state index contributed by atoms with van der Waals surface area (Å²) in [6, 6.07) is 4.29. The molecule has 0 spiro atoms. The van der Waals surface area contributed by atoms with Crippen LogP contribution in [0, 0.1) is 22.4 Å². The minimum Gasteiger partial charge on any atom is -0.398 e. The van der Waals surface area contributed by atoms with E-state index in [2.05, 4.69) is 5.10 Å². The summed E-state index contributed by atoms with van der Waals surface area (Å²) in [7, 11) is 1.67. The van der Waals surface area contributed by atoms with Gasteiger partial charge in [0.05, 0.1) is 11.5 Å². The molecule has 8 nitrogen and oxygen atoms in total. The molecule has 0 aliphatic heterocycles. The summed E-state index contributed by atoms with van der Waals surface area (Å²) >= 11 is 0. The van der Waals surface area contributed by atoms with Gasteiger partial charge >= 0.3 is 0 Å². The average Bonchev–Trinajstić information content (AvgIpc) is 2.58. The minimum absolute atomic E-state index is 0.0159. The third-order valence-corrected chi connectivity index (χ3v) is 2.91. The number of nitro groups is 1. The second kappa shape index (κ2) is 4.56. The molecule has 19 heavy (non-hydrogen) atoms. The van der Waals surface area contributed by atoms with Gasteiger partial charge in [-0.05, 0) is 13.0 Å². The fourth-order valence-electron chi connectivity index (χ4n) is 1.85. The Hall–Kier alpha value is -2.64. The van der Waals surface area contributed by atoms with Crippen LogP contribution in [0.4, 0.5) is 11.4 Å². The predicted octanol–water partition coefficient (Wildman–Crippen LogP) is 0.548. The van der Waals surface area contributed by atoms with E-state index >= 15 is 0 Å². The quantitative estimate of drug-likeness (QED) is 0.477. The monoisotopic (exact) mass is 262 g/mol. The van der Waals surface area contributed by atoms with E-state index in [0.717, 1.165) is 0 Å². The van der Waals surface area contributed by atoms with Crippen LogP contribution >= 0.6 is 0 Å². The maximum atomic E-state index is 10.8. The van der Waals surface area contributed by atoms with Crippen molar-refractivity contribution >= 4 is 11.4 Å². The summed E-state index contributed by atoms with van der Waals surface area (Å²) in [5.74, 6) is 0.651. The van der Waals surface area contributed by atoms with Crippen LogP contribution < -0.4 is 11.4 Å². The molecule has 0 bridgehead atoms. The number of nitro benzene ring substituents is 1. The maximum Gasteiger partial charge on any atom is 0.269 e. The SMILES string of the molecule is Cc1nn(C)c(=N)n1Cc1cc([N+](=O)[O-])ccc1N. The Labute approximate surface area is 108 Å². The lowest BCUT2D eigenvalue weighted by molar-refractivity contribution is -0.384. The summed E-state index contributed by atoms with van der Waals surface area (Å²) in [6.07, 6.45) is 0. The van der Waals surface area contributed by atoms with Crippen molar-refractivity contribution in [3.05, 3.63) is 45.3 Å². The van der Waals surface area contributed by atoms with E-state index in [-0.39, 0.29) is 17.9 Å². The fraction of sp³-hybridized carbons (Fsp3) is 0.273. The molecule has 0 atom stereocenters. The lowest BCUT2D eigenvalue weighted by Gasteiger charge is -2.07. The van der Waals surface area contributed by atoms with Crippen molar-refractivity contribution in [3.63, 3.8) is 0 Å². The Morgan fingerprint density at radius 2 is 2.21 bits per heavy atom. The second-order valence-corrected chi connectivity index (χ2v) is 4.22. The number of aromatic nitrogens is 3. The van der Waals surface area contributed by atoms with Gasteiger partial charge in [0, 0.05) is 30.4 Å². The van der Waals surface area contributed by atoms with Crippen molar-refractivity contribution in [2.75, 3.05) is 5.73 Å². The lowest BCUT2D eigenvalue weighted by atomic mass is 10.1. The fourth-order valence-corrected chi connectivity index (χ4v) is 1.85. The predicted molar refractivity (Wildman–Crippen MR) is 68.4 cm³/mol. The molecule has 2 rings (SSSR count). The van der Waals surface area contributed by atoms with Gasteiger partial charge in [0.25, 0.3) is 5.69 Å². The number of nitrogens with zero attached hydrogens (tertiary/aromatic N) is 4. The molecular weight excluding hydrogens is 248 g/mol. The number of benzene rings is 1. The van der Waals surface area contributed by atoms with Gasteiger partial charge in [-0.3, -0.25) is 20.1 Å². The molecule has 1 aromatic heterocycles. The molecule has 0 radical (unpaired) electrons. The van der Waals surface area contributed by atoms with Crippen LogP contribution in [0.1, 0.15) is 11.4 Å². The van der Waals surface area contributed by atoms with E-state index in [4.69, 9.17) is 11.1 Å². The smallest absolute Gasteiger partial charge is 0.269 e. The number of aryl methyl sites for hydroxylation is 2. The molecule has 0 aliphatic carbocycles. The Kier molecular flexibility index (Phi) is 3.07. The number of nitrogens with two attached hydrogens (primary N) is 1. The molecule has 0 unspecified atom stereocenters. The number of rotatable bonds is 3. The highest BCUT2D eigenvalue weighted by Crippen LogP contribution is 2.20. The third-order valence-electron chi connectivity index (χ3n) is 2.91. The Bertz CT molecular complexity index is 700. The molecule has 0 saturated carbocycles. The van der Waals surface area contributed by atoms with E-state index in [0.29, 0.717) is 17.1 Å². The first-order chi connectivity index (χ1) is 8.90. The summed E-state index contributed by atoms with van der Waals surface area (Å²) < 4.78 is 3.07. The largest absolute Gasteiger partial charge is 0.398 e. The molecule has 1 heterocycles. The Morgan fingerprint density at radius 3 is 2.74 bits per heavy atom. The van der Waals surface area contributed by atoms with Crippen LogP contribution in [0.15, 0.2) is 18.2 Å². The zero-order valence-corrected chi connectivity index (χ0v) is 10.6. The van der Waals surface area contributed by atoms with Crippen LogP contribution in [0.5, 0.6) is 0 Å². The van der Waals surface area contributed by atoms with Crippen LogP contribution in [0.25, 0.3) is 0 Å². The zero-order chi connectivity index (χ0) is 14.2. The molecule has 8 heteroatoms. The van der Waals surface area contributed by atoms with Crippen molar-refractivity contribution in [1.82, 2.24) is 14.3 Å². The summed E-state index contributed by atoms with van der Waals surface area (Å²) in [5.41, 5.74) is 7.08. The highest BCUT2D eigenvalue weighted by Gasteiger charge is 2.12. The summed E-state index contributed by atoms with van der Waals surface area (Å²) in [5, 5.41) is 22.7. The third kappa shape index (κ3) is 2.32. The molecule has 0 fully saturated rings. The molecule has 100 valence electrons. The van der Waals surface area contributed by atoms with E-state index in [1.807, 2.05) is 0 Å². The molecule has 1 aromatic carbocycles. The average molecular weight is 262 g/mol. The lowest BCUT2D eigenvalue weighted by Crippen LogP contribution is -2.24. The van der Waals surface area contributed by atoms with E-state index in [1.165, 1.54) is 22.9 Å². The number of nitrogen functional groups attached to an aromatic ring is 1. The van der Waals surface area contributed by atoms with Gasteiger partial charge in [0.1, 0.15) is 5.82 Å². The highest BCUT2D eigenvalue weighted by molar-refractivity contribution is 5.52. The highest BCUT2D eigenvalue weighted by atomic mass is 16.6. The molecular formula is C11H14N6O2. The van der Waals surface area contributed by atoms with Crippen LogP contribution in [0.3, 0.4) is 0 Å². The molecule has 0 aliphatic rings. The van der Waals surface area contributed by atoms with Gasteiger partial charge in [-0.15, -0.1) is 0 Å². The number of anilines is 1. The number of hydrogen-bond acceptors (Lipinski definition) is 5. The summed E-state index contributed by atoms with van der Waals surface area (Å²) in [4.78, 5) is 10.3. The maximum absolute atomic E-state index is 10.8. The van der Waals surface area contributed by atoms with Crippen molar-refractivity contribution in [2.24, 2.45) is 7.05 Å². The standard InChI is InChI=1S/C11H14N6O2/c1-7-14-15(2)11(13)16(7)6-8-5-9(17(18)19)3-4-10(8)12/h3-5,13H,6,12H2,1-2H3. The van der Waals surface area contributed by atoms with Gasteiger partial charge in [0.2, 0.25) is 5.62 Å². The Balaban J connectivity index is 2.46. The van der Waals surface area contributed by atoms with Crippen molar-refractivity contribution in [1.29, 1.82) is 5.41 Å². The zero-order valence-electron chi connectivity index (χ0n) is 10.6. The van der Waals surface area contributed by atoms with Crippen LogP contribution in [0.2, 0.25) is 0 Å².